The zero-order valence-electron chi connectivity index (χ0n) is 15.5. The lowest BCUT2D eigenvalue weighted by Gasteiger charge is -2.07. The number of unbranched alkanes of at least 4 members (excludes halogenated alkanes) is 5. The molecule has 0 bridgehead atoms. The maximum Gasteiger partial charge on any atom is 0.344 e. The van der Waals surface area contributed by atoms with Gasteiger partial charge >= 0.3 is 11.9 Å². The molecule has 144 valence electrons. The smallest absolute Gasteiger partial charge is 0.344 e. The van der Waals surface area contributed by atoms with E-state index in [0.717, 1.165) is 19.0 Å². The molecule has 0 spiro atoms. The number of ether oxygens (including phenoxy) is 2. The minimum absolute atomic E-state index is 0.0293. The molecule has 0 aliphatic carbocycles. The highest BCUT2D eigenvalue weighted by Gasteiger charge is 2.11. The molecule has 2 aromatic rings. The number of aromatic carboxylic acids is 1. The predicted octanol–water partition coefficient (Wildman–Crippen LogP) is 4.74. The SMILES string of the molecule is CCCCCCCCOc1ccc(C(=O)Oc2ccc(C(=O)O)cn2)cc1. The van der Waals surface area contributed by atoms with Crippen molar-refractivity contribution >= 4 is 11.9 Å². The number of hydrogen-bond acceptors (Lipinski definition) is 5. The summed E-state index contributed by atoms with van der Waals surface area (Å²) in [5, 5.41) is 8.83. The van der Waals surface area contributed by atoms with Crippen LogP contribution in [0.5, 0.6) is 11.6 Å². The Bertz CT molecular complexity index is 725. The number of aromatic nitrogens is 1. The predicted molar refractivity (Wildman–Crippen MR) is 101 cm³/mol. The average molecular weight is 371 g/mol. The number of hydrogen-bond donors (Lipinski definition) is 1. The molecule has 6 nitrogen and oxygen atoms in total. The molecule has 0 aliphatic heterocycles. The summed E-state index contributed by atoms with van der Waals surface area (Å²) in [6.45, 7) is 2.86. The summed E-state index contributed by atoms with van der Waals surface area (Å²) < 4.78 is 10.8. The third-order valence-corrected chi connectivity index (χ3v) is 4.04. The number of carboxylic acids is 1. The molecule has 1 aromatic carbocycles. The van der Waals surface area contributed by atoms with Crippen molar-refractivity contribution in [1.82, 2.24) is 4.98 Å². The fraction of sp³-hybridized carbons (Fsp3) is 0.381. The Labute approximate surface area is 159 Å². The molecule has 0 saturated heterocycles. The Morgan fingerprint density at radius 2 is 1.59 bits per heavy atom. The van der Waals surface area contributed by atoms with Gasteiger partial charge in [-0.3, -0.25) is 0 Å². The Balaban J connectivity index is 1.76. The zero-order chi connectivity index (χ0) is 19.5. The molecule has 1 N–H and O–H groups in total. The van der Waals surface area contributed by atoms with Crippen molar-refractivity contribution in [2.45, 2.75) is 45.4 Å². The molecule has 0 unspecified atom stereocenters. The second-order valence-electron chi connectivity index (χ2n) is 6.22. The molecule has 0 saturated carbocycles. The lowest BCUT2D eigenvalue weighted by atomic mass is 10.1. The van der Waals surface area contributed by atoms with Crippen LogP contribution in [0.1, 0.15) is 66.2 Å². The zero-order valence-corrected chi connectivity index (χ0v) is 15.5. The second kappa shape index (κ2) is 11.0. The van der Waals surface area contributed by atoms with E-state index < -0.39 is 11.9 Å². The van der Waals surface area contributed by atoms with E-state index in [0.29, 0.717) is 17.9 Å². The van der Waals surface area contributed by atoms with Crippen molar-refractivity contribution in [1.29, 1.82) is 0 Å². The van der Waals surface area contributed by atoms with Gasteiger partial charge in [0.25, 0.3) is 0 Å². The number of rotatable bonds is 11. The van der Waals surface area contributed by atoms with Gasteiger partial charge in [0.05, 0.1) is 17.7 Å². The second-order valence-corrected chi connectivity index (χ2v) is 6.22. The summed E-state index contributed by atoms with van der Waals surface area (Å²) in [5.41, 5.74) is 0.396. The maximum atomic E-state index is 12.1. The molecule has 0 radical (unpaired) electrons. The summed E-state index contributed by atoms with van der Waals surface area (Å²) in [5.74, 6) is -0.887. The number of benzene rings is 1. The summed E-state index contributed by atoms with van der Waals surface area (Å²) in [6, 6.07) is 9.40. The quantitative estimate of drug-likeness (QED) is 0.454. The number of carbonyl (C=O) groups excluding carboxylic acids is 1. The summed E-state index contributed by atoms with van der Waals surface area (Å²) in [4.78, 5) is 26.7. The van der Waals surface area contributed by atoms with Crippen LogP contribution in [0, 0.1) is 0 Å². The standard InChI is InChI=1S/C21H25NO5/c1-2-3-4-5-6-7-14-26-18-11-8-16(9-12-18)21(25)27-19-13-10-17(15-22-19)20(23)24/h8-13,15H,2-7,14H2,1H3,(H,23,24). The lowest BCUT2D eigenvalue weighted by Crippen LogP contribution is -2.10. The van der Waals surface area contributed by atoms with Crippen LogP contribution >= 0.6 is 0 Å². The van der Waals surface area contributed by atoms with Gasteiger partial charge in [-0.2, -0.15) is 0 Å². The van der Waals surface area contributed by atoms with E-state index in [9.17, 15) is 9.59 Å². The van der Waals surface area contributed by atoms with Gasteiger partial charge in [0.1, 0.15) is 5.75 Å². The lowest BCUT2D eigenvalue weighted by molar-refractivity contribution is 0.0696. The molecule has 0 atom stereocenters. The Kier molecular flexibility index (Phi) is 8.29. The molecular weight excluding hydrogens is 346 g/mol. The Hall–Kier alpha value is -2.89. The first-order valence-corrected chi connectivity index (χ1v) is 9.24. The first-order valence-electron chi connectivity index (χ1n) is 9.24. The minimum Gasteiger partial charge on any atom is -0.494 e. The fourth-order valence-corrected chi connectivity index (χ4v) is 2.48. The highest BCUT2D eigenvalue weighted by molar-refractivity contribution is 5.91. The van der Waals surface area contributed by atoms with Gasteiger partial charge in [0.15, 0.2) is 0 Å². The monoisotopic (exact) mass is 371 g/mol. The third-order valence-electron chi connectivity index (χ3n) is 4.04. The summed E-state index contributed by atoms with van der Waals surface area (Å²) >= 11 is 0. The van der Waals surface area contributed by atoms with E-state index in [2.05, 4.69) is 11.9 Å². The van der Waals surface area contributed by atoms with Crippen LogP contribution in [0.4, 0.5) is 0 Å². The number of pyridine rings is 1. The van der Waals surface area contributed by atoms with Crippen LogP contribution in [-0.2, 0) is 0 Å². The number of carboxylic acid groups (broad SMARTS) is 1. The van der Waals surface area contributed by atoms with Crippen molar-refractivity contribution in [3.8, 4) is 11.6 Å². The maximum absolute atomic E-state index is 12.1. The van der Waals surface area contributed by atoms with Gasteiger partial charge in [-0.05, 0) is 36.8 Å². The van der Waals surface area contributed by atoms with Crippen LogP contribution in [-0.4, -0.2) is 28.6 Å². The van der Waals surface area contributed by atoms with Crippen LogP contribution in [0.3, 0.4) is 0 Å². The van der Waals surface area contributed by atoms with Crippen molar-refractivity contribution < 1.29 is 24.2 Å². The first kappa shape index (κ1) is 20.4. The molecule has 6 heteroatoms. The van der Waals surface area contributed by atoms with Gasteiger partial charge < -0.3 is 14.6 Å². The summed E-state index contributed by atoms with van der Waals surface area (Å²) in [7, 11) is 0. The highest BCUT2D eigenvalue weighted by Crippen LogP contribution is 2.16. The van der Waals surface area contributed by atoms with Gasteiger partial charge in [-0.1, -0.05) is 39.0 Å². The van der Waals surface area contributed by atoms with Gasteiger partial charge in [-0.25, -0.2) is 14.6 Å². The van der Waals surface area contributed by atoms with Crippen LogP contribution in [0.25, 0.3) is 0 Å². The summed E-state index contributed by atoms with van der Waals surface area (Å²) in [6.07, 6.45) is 8.38. The normalized spacial score (nSPS) is 10.4. The fourth-order valence-electron chi connectivity index (χ4n) is 2.48. The molecule has 1 heterocycles. The first-order chi connectivity index (χ1) is 13.1. The molecule has 0 aliphatic rings. The topological polar surface area (TPSA) is 85.7 Å². The molecule has 2 rings (SSSR count). The van der Waals surface area contributed by atoms with E-state index in [-0.39, 0.29) is 11.4 Å². The van der Waals surface area contributed by atoms with Crippen molar-refractivity contribution in [2.75, 3.05) is 6.61 Å². The molecule has 0 fully saturated rings. The number of nitrogens with zero attached hydrogens (tertiary/aromatic N) is 1. The van der Waals surface area contributed by atoms with Crippen LogP contribution in [0.2, 0.25) is 0 Å². The van der Waals surface area contributed by atoms with Crippen molar-refractivity contribution in [2.24, 2.45) is 0 Å². The van der Waals surface area contributed by atoms with Crippen molar-refractivity contribution in [3.63, 3.8) is 0 Å². The van der Waals surface area contributed by atoms with Gasteiger partial charge in [-0.15, -0.1) is 0 Å². The average Bonchev–Trinajstić information content (AvgIpc) is 2.68. The van der Waals surface area contributed by atoms with Gasteiger partial charge in [0.2, 0.25) is 5.88 Å². The Morgan fingerprint density at radius 1 is 0.926 bits per heavy atom. The van der Waals surface area contributed by atoms with Crippen LogP contribution in [0.15, 0.2) is 42.6 Å². The third kappa shape index (κ3) is 7.09. The van der Waals surface area contributed by atoms with E-state index in [1.165, 1.54) is 37.8 Å². The number of esters is 1. The van der Waals surface area contributed by atoms with E-state index in [1.807, 2.05) is 0 Å². The Morgan fingerprint density at radius 3 is 2.22 bits per heavy atom. The van der Waals surface area contributed by atoms with Crippen molar-refractivity contribution in [3.05, 3.63) is 53.7 Å². The van der Waals surface area contributed by atoms with E-state index >= 15 is 0 Å². The minimum atomic E-state index is -1.09. The molecule has 0 amide bonds. The largest absolute Gasteiger partial charge is 0.494 e. The number of carbonyl (C=O) groups is 2. The molecule has 1 aromatic heterocycles. The van der Waals surface area contributed by atoms with E-state index in [1.54, 1.807) is 24.3 Å². The van der Waals surface area contributed by atoms with Crippen LogP contribution < -0.4 is 9.47 Å². The van der Waals surface area contributed by atoms with Gasteiger partial charge in [0, 0.05) is 12.3 Å². The molecule has 27 heavy (non-hydrogen) atoms. The highest BCUT2D eigenvalue weighted by atomic mass is 16.5. The van der Waals surface area contributed by atoms with E-state index in [4.69, 9.17) is 14.6 Å². The molecular formula is C21H25NO5.